The Balaban J connectivity index is 1.64. The number of halogens is 3. The maximum Gasteiger partial charge on any atom is 0.238 e. The summed E-state index contributed by atoms with van der Waals surface area (Å²) < 4.78 is 73.1. The summed E-state index contributed by atoms with van der Waals surface area (Å²) in [5, 5.41) is 50.4. The molecule has 6 atom stereocenters. The van der Waals surface area contributed by atoms with Gasteiger partial charge in [0.25, 0.3) is 0 Å². The smallest absolute Gasteiger partial charge is 0.238 e. The van der Waals surface area contributed by atoms with Crippen LogP contribution >= 0.6 is 11.8 Å². The fourth-order valence-electron chi connectivity index (χ4n) is 5.12. The van der Waals surface area contributed by atoms with Crippen LogP contribution < -0.4 is 0 Å². The van der Waals surface area contributed by atoms with E-state index in [-0.39, 0.29) is 43.7 Å². The van der Waals surface area contributed by atoms with Crippen molar-refractivity contribution in [2.45, 2.75) is 60.4 Å². The molecule has 0 bridgehead atoms. The van der Waals surface area contributed by atoms with Crippen LogP contribution in [0.5, 0.6) is 0 Å². The minimum absolute atomic E-state index is 0.0451. The lowest BCUT2D eigenvalue weighted by Crippen LogP contribution is -2.59. The van der Waals surface area contributed by atoms with E-state index in [1.54, 1.807) is 6.92 Å². The molecule has 2 aliphatic heterocycles. The molecule has 2 fully saturated rings. The lowest BCUT2D eigenvalue weighted by molar-refractivity contribution is -0.179. The van der Waals surface area contributed by atoms with Gasteiger partial charge in [-0.25, -0.2) is 30.6 Å². The van der Waals surface area contributed by atoms with Gasteiger partial charge in [-0.2, -0.15) is 0 Å². The summed E-state index contributed by atoms with van der Waals surface area (Å²) in [4.78, 5) is 14.9. The van der Waals surface area contributed by atoms with Crippen LogP contribution in [-0.4, -0.2) is 133 Å². The lowest BCUT2D eigenvalue weighted by Gasteiger charge is -2.46. The highest BCUT2D eigenvalue weighted by molar-refractivity contribution is 8.01. The highest BCUT2D eigenvalue weighted by Crippen LogP contribution is 2.42. The molecule has 13 nitrogen and oxygen atoms in total. The summed E-state index contributed by atoms with van der Waals surface area (Å²) in [6.45, 7) is 1.20. The molecule has 1 amide bonds. The number of amides is 1. The molecular formula is C25H34F3N5O8S2. The van der Waals surface area contributed by atoms with Crippen molar-refractivity contribution in [3.05, 3.63) is 35.8 Å². The number of aliphatic hydroxyl groups is 4. The summed E-state index contributed by atoms with van der Waals surface area (Å²) >= 11 is 0.762. The normalized spacial score (nSPS) is 27.2. The molecule has 0 spiro atoms. The first-order chi connectivity index (χ1) is 20.1. The maximum atomic E-state index is 13.8. The summed E-state index contributed by atoms with van der Waals surface area (Å²) in [6.07, 6.45) is -2.45. The topological polar surface area (TPSA) is 179 Å². The first-order valence-electron chi connectivity index (χ1n) is 13.4. The van der Waals surface area contributed by atoms with E-state index in [1.807, 2.05) is 0 Å². The fraction of sp³-hybridized carbons (Fsp3) is 0.640. The third-order valence-electron chi connectivity index (χ3n) is 7.83. The summed E-state index contributed by atoms with van der Waals surface area (Å²) in [7, 11) is -2.02. The quantitative estimate of drug-likeness (QED) is 0.262. The Morgan fingerprint density at radius 2 is 1.81 bits per heavy atom. The van der Waals surface area contributed by atoms with Crippen molar-refractivity contribution in [3.63, 3.8) is 0 Å². The fourth-order valence-corrected chi connectivity index (χ4v) is 7.55. The minimum Gasteiger partial charge on any atom is -0.394 e. The number of sulfonamides is 1. The van der Waals surface area contributed by atoms with Crippen molar-refractivity contribution in [3.8, 4) is 11.3 Å². The van der Waals surface area contributed by atoms with Gasteiger partial charge in [-0.3, -0.25) is 4.79 Å². The van der Waals surface area contributed by atoms with Crippen LogP contribution in [-0.2, 0) is 19.6 Å². The molecule has 1 aromatic carbocycles. The molecule has 0 aliphatic carbocycles. The molecule has 2 saturated heterocycles. The van der Waals surface area contributed by atoms with Crippen LogP contribution in [0.2, 0.25) is 0 Å². The maximum absolute atomic E-state index is 13.8. The third-order valence-corrected chi connectivity index (χ3v) is 10.7. The molecule has 1 aromatic heterocycles. The molecule has 18 heteroatoms. The predicted molar refractivity (Wildman–Crippen MR) is 147 cm³/mol. The van der Waals surface area contributed by atoms with Crippen LogP contribution in [0.4, 0.5) is 13.2 Å². The molecule has 240 valence electrons. The number of rotatable bonds is 9. The molecule has 4 N–H and O–H groups in total. The zero-order valence-corrected chi connectivity index (χ0v) is 25.2. The van der Waals surface area contributed by atoms with Gasteiger partial charge >= 0.3 is 0 Å². The second-order valence-electron chi connectivity index (χ2n) is 10.7. The number of carbonyl (C=O) groups excluding carboxylic acids is 1. The molecule has 0 unspecified atom stereocenters. The predicted octanol–water partition coefficient (Wildman–Crippen LogP) is -0.291. The van der Waals surface area contributed by atoms with E-state index in [4.69, 9.17) is 4.74 Å². The van der Waals surface area contributed by atoms with Crippen LogP contribution in [0.15, 0.2) is 18.3 Å². The SMILES string of the molecule is CCN(C)C(=O)[C@@H](S[C@@H]1O[C@H](CO)[C@H](O)[C@H](n2cc(-c3cc(F)c(F)c(F)c3)nn2)[C@H]1O)C1(O)CCN(S(C)(=O)=O)CC1. The first-order valence-corrected chi connectivity index (χ1v) is 16.2. The minimum atomic E-state index is -3.53. The van der Waals surface area contributed by atoms with E-state index >= 15 is 0 Å². The molecule has 0 radical (unpaired) electrons. The Morgan fingerprint density at radius 3 is 2.35 bits per heavy atom. The van der Waals surface area contributed by atoms with E-state index in [2.05, 4.69) is 10.3 Å². The molecule has 0 saturated carbocycles. The molecule has 2 aromatic rings. The average molecular weight is 654 g/mol. The third kappa shape index (κ3) is 6.85. The second-order valence-corrected chi connectivity index (χ2v) is 13.9. The van der Waals surface area contributed by atoms with Gasteiger partial charge in [0, 0.05) is 32.2 Å². The molecular weight excluding hydrogens is 619 g/mol. The van der Waals surface area contributed by atoms with Gasteiger partial charge < -0.3 is 30.1 Å². The van der Waals surface area contributed by atoms with Crippen molar-refractivity contribution < 1.29 is 51.5 Å². The van der Waals surface area contributed by atoms with Crippen molar-refractivity contribution >= 4 is 27.7 Å². The van der Waals surface area contributed by atoms with Crippen LogP contribution in [0.3, 0.4) is 0 Å². The second kappa shape index (κ2) is 13.0. The number of ether oxygens (including phenoxy) is 1. The lowest BCUT2D eigenvalue weighted by atomic mass is 9.88. The Kier molecular flexibility index (Phi) is 10.1. The molecule has 4 rings (SSSR count). The van der Waals surface area contributed by atoms with E-state index < -0.39 is 80.6 Å². The highest BCUT2D eigenvalue weighted by atomic mass is 32.2. The van der Waals surface area contributed by atoms with Crippen LogP contribution in [0.1, 0.15) is 25.8 Å². The number of aliphatic hydroxyl groups excluding tert-OH is 3. The van der Waals surface area contributed by atoms with Crippen molar-refractivity contribution in [2.75, 3.05) is 39.5 Å². The Bertz CT molecular complexity index is 1400. The van der Waals surface area contributed by atoms with Crippen LogP contribution in [0.25, 0.3) is 11.3 Å². The van der Waals surface area contributed by atoms with Gasteiger partial charge in [0.15, 0.2) is 17.5 Å². The van der Waals surface area contributed by atoms with Gasteiger partial charge in [-0.1, -0.05) is 5.21 Å². The van der Waals surface area contributed by atoms with E-state index in [0.717, 1.165) is 28.9 Å². The number of carbonyl (C=O) groups is 1. The average Bonchev–Trinajstić information content (AvgIpc) is 3.44. The van der Waals surface area contributed by atoms with Gasteiger partial charge in [-0.15, -0.1) is 16.9 Å². The number of thioether (sulfide) groups is 1. The van der Waals surface area contributed by atoms with Gasteiger partial charge in [0.2, 0.25) is 15.9 Å². The largest absolute Gasteiger partial charge is 0.394 e. The van der Waals surface area contributed by atoms with E-state index in [9.17, 15) is 46.8 Å². The summed E-state index contributed by atoms with van der Waals surface area (Å²) in [5.74, 6) is -5.09. The molecule has 3 heterocycles. The number of nitrogens with zero attached hydrogens (tertiary/aromatic N) is 5. The van der Waals surface area contributed by atoms with Gasteiger partial charge in [-0.05, 0) is 31.9 Å². The number of aromatic nitrogens is 3. The van der Waals surface area contributed by atoms with Gasteiger partial charge in [0.05, 0.1) is 24.7 Å². The van der Waals surface area contributed by atoms with Crippen molar-refractivity contribution in [1.82, 2.24) is 24.2 Å². The van der Waals surface area contributed by atoms with Crippen molar-refractivity contribution in [2.24, 2.45) is 0 Å². The van der Waals surface area contributed by atoms with Crippen LogP contribution in [0, 0.1) is 17.5 Å². The Morgan fingerprint density at radius 1 is 1.21 bits per heavy atom. The number of benzene rings is 1. The standard InChI is InChI=1S/C25H34F3N5O8S2/c1-4-31(2)23(37)22(25(38)5-7-32(8-6-25)43(3,39)40)42-24-21(36)19(20(35)17(12-34)41-24)33-11-16(29-30-33)13-9-14(26)18(28)15(27)10-13/h9-11,17,19-22,24,34-36,38H,4-8,12H2,1-3H3/t17-,19+,20+,21-,22-,24+/m1/s1. The van der Waals surface area contributed by atoms with Gasteiger partial charge in [0.1, 0.15) is 40.7 Å². The first kappa shape index (κ1) is 33.6. The zero-order chi connectivity index (χ0) is 31.9. The summed E-state index contributed by atoms with van der Waals surface area (Å²) in [5.41, 5.74) is -3.31. The zero-order valence-electron chi connectivity index (χ0n) is 23.5. The summed E-state index contributed by atoms with van der Waals surface area (Å²) in [6, 6.07) is 0.0606. The Hall–Kier alpha value is -2.32. The van der Waals surface area contributed by atoms with E-state index in [1.165, 1.54) is 16.3 Å². The Labute approximate surface area is 250 Å². The highest BCUT2D eigenvalue weighted by Gasteiger charge is 2.52. The van der Waals surface area contributed by atoms with Crippen molar-refractivity contribution in [1.29, 1.82) is 0 Å². The number of piperidine rings is 1. The molecule has 2 aliphatic rings. The number of hydrogen-bond acceptors (Lipinski definition) is 11. The molecule has 43 heavy (non-hydrogen) atoms. The number of hydrogen-bond donors (Lipinski definition) is 4. The monoisotopic (exact) mass is 653 g/mol. The van der Waals surface area contributed by atoms with E-state index in [0.29, 0.717) is 12.1 Å².